The van der Waals surface area contributed by atoms with E-state index in [2.05, 4.69) is 19.5 Å². The normalized spacial score (nSPS) is 20.9. The number of rotatable bonds is 5. The summed E-state index contributed by atoms with van der Waals surface area (Å²) >= 11 is 5.94. The Morgan fingerprint density at radius 3 is 2.80 bits per heavy atom. The fourth-order valence-electron chi connectivity index (χ4n) is 3.41. The van der Waals surface area contributed by atoms with Crippen LogP contribution in [0, 0.1) is 0 Å². The van der Waals surface area contributed by atoms with E-state index in [0.717, 1.165) is 37.5 Å². The maximum Gasteiger partial charge on any atom is 0.216 e. The quantitative estimate of drug-likeness (QED) is 0.865. The molecule has 1 unspecified atom stereocenters. The summed E-state index contributed by atoms with van der Waals surface area (Å²) in [6.07, 6.45) is 4.64. The van der Waals surface area contributed by atoms with Crippen LogP contribution in [-0.2, 0) is 28.7 Å². The summed E-state index contributed by atoms with van der Waals surface area (Å²) in [6.45, 7) is 0.776. The summed E-state index contributed by atoms with van der Waals surface area (Å²) in [5, 5.41) is 9.18. The van der Waals surface area contributed by atoms with E-state index in [4.69, 9.17) is 11.6 Å². The Morgan fingerprint density at radius 2 is 2.04 bits per heavy atom. The van der Waals surface area contributed by atoms with Crippen molar-refractivity contribution in [2.24, 2.45) is 0 Å². The van der Waals surface area contributed by atoms with Crippen molar-refractivity contribution in [3.63, 3.8) is 0 Å². The molecule has 1 aliphatic heterocycles. The van der Waals surface area contributed by atoms with Crippen molar-refractivity contribution in [2.75, 3.05) is 0 Å². The number of nitrogens with one attached hydrogen (secondary N) is 1. The van der Waals surface area contributed by atoms with Crippen LogP contribution in [0.3, 0.4) is 0 Å². The highest BCUT2D eigenvalue weighted by atomic mass is 35.5. The maximum atomic E-state index is 12.5. The number of sulfonamides is 1. The minimum Gasteiger partial charge on any atom is -0.315 e. The molecule has 25 heavy (non-hydrogen) atoms. The van der Waals surface area contributed by atoms with Gasteiger partial charge >= 0.3 is 0 Å². The fourth-order valence-corrected chi connectivity index (χ4v) is 5.07. The number of hydrogen-bond acceptors (Lipinski definition) is 4. The molecule has 2 heterocycles. The van der Waals surface area contributed by atoms with Crippen molar-refractivity contribution in [1.29, 1.82) is 0 Å². The lowest BCUT2D eigenvalue weighted by molar-refractivity contribution is 0.492. The lowest BCUT2D eigenvalue weighted by atomic mass is 10.1. The van der Waals surface area contributed by atoms with Crippen LogP contribution in [0.4, 0.5) is 0 Å². The van der Waals surface area contributed by atoms with Crippen molar-refractivity contribution in [1.82, 2.24) is 19.5 Å². The SMILES string of the molecule is O=S(=O)(Cc1cccc(Cl)c1)NC1CCc2nnc(C3CC3)n2CC1. The highest BCUT2D eigenvalue weighted by Crippen LogP contribution is 2.39. The second kappa shape index (κ2) is 6.70. The Bertz CT molecular complexity index is 877. The Labute approximate surface area is 152 Å². The van der Waals surface area contributed by atoms with Gasteiger partial charge in [-0.2, -0.15) is 0 Å². The van der Waals surface area contributed by atoms with Crippen molar-refractivity contribution in [3.8, 4) is 0 Å². The van der Waals surface area contributed by atoms with E-state index in [-0.39, 0.29) is 11.8 Å². The molecule has 4 rings (SSSR count). The third kappa shape index (κ3) is 4.04. The number of aromatic nitrogens is 3. The number of fused-ring (bicyclic) bond motifs is 1. The first-order chi connectivity index (χ1) is 12.0. The van der Waals surface area contributed by atoms with Gasteiger partial charge in [-0.15, -0.1) is 10.2 Å². The highest BCUT2D eigenvalue weighted by Gasteiger charge is 2.32. The lowest BCUT2D eigenvalue weighted by Crippen LogP contribution is -2.36. The first-order valence-corrected chi connectivity index (χ1v) is 10.7. The molecule has 1 aromatic heterocycles. The van der Waals surface area contributed by atoms with Gasteiger partial charge in [0, 0.05) is 29.9 Å². The predicted molar refractivity (Wildman–Crippen MR) is 95.9 cm³/mol. The third-order valence-electron chi connectivity index (χ3n) is 4.81. The molecule has 1 aromatic carbocycles. The van der Waals surface area contributed by atoms with E-state index in [1.807, 2.05) is 0 Å². The van der Waals surface area contributed by atoms with Crippen LogP contribution in [0.1, 0.15) is 48.8 Å². The number of hydrogen-bond donors (Lipinski definition) is 1. The molecule has 1 aliphatic carbocycles. The van der Waals surface area contributed by atoms with Crippen LogP contribution >= 0.6 is 11.6 Å². The molecule has 0 amide bonds. The molecule has 134 valence electrons. The van der Waals surface area contributed by atoms with Gasteiger partial charge in [0.25, 0.3) is 0 Å². The molecule has 1 fully saturated rings. The zero-order chi connectivity index (χ0) is 17.4. The molecule has 8 heteroatoms. The van der Waals surface area contributed by atoms with Gasteiger partial charge in [-0.3, -0.25) is 0 Å². The summed E-state index contributed by atoms with van der Waals surface area (Å²) in [5.74, 6) is 2.57. The molecule has 2 aromatic rings. The number of aryl methyl sites for hydroxylation is 1. The molecule has 0 bridgehead atoms. The predicted octanol–water partition coefficient (Wildman–Crippen LogP) is 2.63. The summed E-state index contributed by atoms with van der Waals surface area (Å²) in [7, 11) is -3.41. The maximum absolute atomic E-state index is 12.5. The van der Waals surface area contributed by atoms with Crippen molar-refractivity contribution in [3.05, 3.63) is 46.5 Å². The summed E-state index contributed by atoms with van der Waals surface area (Å²) in [5.41, 5.74) is 0.696. The standard InChI is InChI=1S/C17H21ClN4O2S/c18-14-3-1-2-12(10-14)11-25(23,24)21-15-6-7-16-19-20-17(13-4-5-13)22(16)9-8-15/h1-3,10,13,15,21H,4-9,11H2. The first-order valence-electron chi connectivity index (χ1n) is 8.66. The average Bonchev–Trinajstić information content (AvgIpc) is 3.33. The molecule has 0 saturated heterocycles. The Hall–Kier alpha value is -1.44. The van der Waals surface area contributed by atoms with Gasteiger partial charge in [0.15, 0.2) is 0 Å². The summed E-state index contributed by atoms with van der Waals surface area (Å²) in [6, 6.07) is 6.91. The van der Waals surface area contributed by atoms with Crippen molar-refractivity contribution in [2.45, 2.75) is 56.4 Å². The Morgan fingerprint density at radius 1 is 1.20 bits per heavy atom. The van der Waals surface area contributed by atoms with Crippen LogP contribution in [-0.4, -0.2) is 29.2 Å². The smallest absolute Gasteiger partial charge is 0.216 e. The topological polar surface area (TPSA) is 76.9 Å². The van der Waals surface area contributed by atoms with Gasteiger partial charge in [-0.05, 0) is 43.4 Å². The highest BCUT2D eigenvalue weighted by molar-refractivity contribution is 7.88. The van der Waals surface area contributed by atoms with E-state index in [9.17, 15) is 8.42 Å². The van der Waals surface area contributed by atoms with Crippen molar-refractivity contribution < 1.29 is 8.42 Å². The molecular formula is C17H21ClN4O2S. The molecular weight excluding hydrogens is 360 g/mol. The van der Waals surface area contributed by atoms with E-state index in [1.165, 1.54) is 12.8 Å². The number of halogens is 1. The Balaban J connectivity index is 1.41. The van der Waals surface area contributed by atoms with Gasteiger partial charge in [-0.25, -0.2) is 13.1 Å². The minimum absolute atomic E-state index is 0.0521. The molecule has 6 nitrogen and oxygen atoms in total. The molecule has 0 spiro atoms. The largest absolute Gasteiger partial charge is 0.315 e. The van der Waals surface area contributed by atoms with Crippen LogP contribution in [0.15, 0.2) is 24.3 Å². The lowest BCUT2D eigenvalue weighted by Gasteiger charge is -2.16. The summed E-state index contributed by atoms with van der Waals surface area (Å²) in [4.78, 5) is 0. The van der Waals surface area contributed by atoms with Gasteiger partial charge in [0.2, 0.25) is 10.0 Å². The van der Waals surface area contributed by atoms with Gasteiger partial charge in [-0.1, -0.05) is 23.7 Å². The van der Waals surface area contributed by atoms with Crippen LogP contribution in [0.5, 0.6) is 0 Å². The van der Waals surface area contributed by atoms with E-state index >= 15 is 0 Å². The number of benzene rings is 1. The van der Waals surface area contributed by atoms with Crippen LogP contribution < -0.4 is 4.72 Å². The number of nitrogens with zero attached hydrogens (tertiary/aromatic N) is 3. The van der Waals surface area contributed by atoms with Crippen LogP contribution in [0.25, 0.3) is 0 Å². The Kier molecular flexibility index (Phi) is 4.56. The second-order valence-corrected chi connectivity index (χ2v) is 9.12. The summed E-state index contributed by atoms with van der Waals surface area (Å²) < 4.78 is 30.1. The van der Waals surface area contributed by atoms with E-state index in [1.54, 1.807) is 24.3 Å². The zero-order valence-corrected chi connectivity index (χ0v) is 15.4. The van der Waals surface area contributed by atoms with Gasteiger partial charge in [0.1, 0.15) is 11.6 Å². The first kappa shape index (κ1) is 17.0. The van der Waals surface area contributed by atoms with E-state index in [0.29, 0.717) is 16.5 Å². The second-order valence-electron chi connectivity index (χ2n) is 6.93. The molecule has 0 radical (unpaired) electrons. The van der Waals surface area contributed by atoms with Gasteiger partial charge < -0.3 is 4.57 Å². The molecule has 1 saturated carbocycles. The van der Waals surface area contributed by atoms with E-state index < -0.39 is 10.0 Å². The average molecular weight is 381 g/mol. The monoisotopic (exact) mass is 380 g/mol. The zero-order valence-electron chi connectivity index (χ0n) is 13.9. The molecule has 1 N–H and O–H groups in total. The van der Waals surface area contributed by atoms with Gasteiger partial charge in [0.05, 0.1) is 5.75 Å². The molecule has 1 atom stereocenters. The molecule has 2 aliphatic rings. The third-order valence-corrected chi connectivity index (χ3v) is 6.45. The minimum atomic E-state index is -3.41. The van der Waals surface area contributed by atoms with Crippen LogP contribution in [0.2, 0.25) is 5.02 Å². The van der Waals surface area contributed by atoms with Crippen molar-refractivity contribution >= 4 is 21.6 Å². The fraction of sp³-hybridized carbons (Fsp3) is 0.529.